The molecule has 1 aromatic carbocycles. The number of amides is 2. The topological polar surface area (TPSA) is 94.2 Å². The fourth-order valence-corrected chi connectivity index (χ4v) is 2.99. The van der Waals surface area contributed by atoms with Gasteiger partial charge in [-0.25, -0.2) is 0 Å². The smallest absolute Gasteiger partial charge is 0.262 e. The Labute approximate surface area is 134 Å². The van der Waals surface area contributed by atoms with E-state index in [1.807, 2.05) is 13.0 Å². The third-order valence-electron chi connectivity index (χ3n) is 3.62. The number of carbonyl (C=O) groups is 2. The van der Waals surface area contributed by atoms with Crippen molar-refractivity contribution in [1.82, 2.24) is 9.88 Å². The molecule has 1 aromatic heterocycles. The van der Waals surface area contributed by atoms with Crippen molar-refractivity contribution in [2.45, 2.75) is 13.3 Å². The Kier molecular flexibility index (Phi) is 3.37. The van der Waals surface area contributed by atoms with Crippen LogP contribution in [0.15, 0.2) is 33.5 Å². The van der Waals surface area contributed by atoms with Gasteiger partial charge in [0.1, 0.15) is 5.82 Å². The number of hydrogen-bond acceptors (Lipinski definition) is 4. The van der Waals surface area contributed by atoms with Crippen LogP contribution in [0.5, 0.6) is 0 Å². The minimum absolute atomic E-state index is 0.0251. The van der Waals surface area contributed by atoms with Gasteiger partial charge >= 0.3 is 0 Å². The molecule has 2 amide bonds. The fraction of sp³-hybridized carbons (Fsp3) is 0.133. The fourth-order valence-electron chi connectivity index (χ4n) is 2.58. The summed E-state index contributed by atoms with van der Waals surface area (Å²) in [5.74, 6) is -1.20. The second-order valence-corrected chi connectivity index (χ2v) is 5.82. The van der Waals surface area contributed by atoms with E-state index in [0.717, 1.165) is 16.1 Å². The SMILES string of the molecule is CCc1cc(Br)ccc1-n1c(N)c2c(cc1=O)C(=O)NC2=O. The van der Waals surface area contributed by atoms with Crippen LogP contribution >= 0.6 is 15.9 Å². The molecule has 1 aliphatic rings. The summed E-state index contributed by atoms with van der Waals surface area (Å²) in [4.78, 5) is 35.9. The van der Waals surface area contributed by atoms with Crippen molar-refractivity contribution in [3.8, 4) is 5.69 Å². The predicted molar refractivity (Wildman–Crippen MR) is 85.3 cm³/mol. The lowest BCUT2D eigenvalue weighted by Crippen LogP contribution is -2.24. The molecule has 2 aromatic rings. The third kappa shape index (κ3) is 2.05. The first-order valence-corrected chi connectivity index (χ1v) is 7.43. The van der Waals surface area contributed by atoms with E-state index in [4.69, 9.17) is 5.73 Å². The van der Waals surface area contributed by atoms with Crippen molar-refractivity contribution >= 4 is 33.6 Å². The highest BCUT2D eigenvalue weighted by molar-refractivity contribution is 9.10. The summed E-state index contributed by atoms with van der Waals surface area (Å²) < 4.78 is 2.15. The van der Waals surface area contributed by atoms with Crippen LogP contribution in [0.2, 0.25) is 0 Å². The summed E-state index contributed by atoms with van der Waals surface area (Å²) in [6.07, 6.45) is 0.683. The number of hydrogen-bond donors (Lipinski definition) is 2. The molecule has 0 spiro atoms. The molecule has 0 atom stereocenters. The average molecular weight is 362 g/mol. The Balaban J connectivity index is 2.35. The molecule has 22 heavy (non-hydrogen) atoms. The molecular formula is C15H12BrN3O3. The zero-order valence-electron chi connectivity index (χ0n) is 11.6. The second-order valence-electron chi connectivity index (χ2n) is 4.90. The van der Waals surface area contributed by atoms with Gasteiger partial charge in [-0.05, 0) is 30.2 Å². The highest BCUT2D eigenvalue weighted by atomic mass is 79.9. The van der Waals surface area contributed by atoms with Gasteiger partial charge in [-0.2, -0.15) is 0 Å². The normalized spacial score (nSPS) is 13.2. The van der Waals surface area contributed by atoms with Crippen LogP contribution in [0.3, 0.4) is 0 Å². The molecule has 0 saturated carbocycles. The van der Waals surface area contributed by atoms with E-state index in [0.29, 0.717) is 12.1 Å². The summed E-state index contributed by atoms with van der Waals surface area (Å²) >= 11 is 3.39. The van der Waals surface area contributed by atoms with Gasteiger partial charge in [-0.15, -0.1) is 0 Å². The number of carbonyl (C=O) groups excluding carboxylic acids is 2. The summed E-state index contributed by atoms with van der Waals surface area (Å²) in [6, 6.07) is 6.58. The molecule has 0 aliphatic carbocycles. The number of fused-ring (bicyclic) bond motifs is 1. The lowest BCUT2D eigenvalue weighted by molar-refractivity contribution is 0.0880. The molecule has 3 N–H and O–H groups in total. The van der Waals surface area contributed by atoms with Crippen molar-refractivity contribution < 1.29 is 9.59 Å². The zero-order chi connectivity index (χ0) is 16.0. The van der Waals surface area contributed by atoms with E-state index < -0.39 is 17.4 Å². The summed E-state index contributed by atoms with van der Waals surface area (Å²) in [7, 11) is 0. The van der Waals surface area contributed by atoms with Gasteiger partial charge in [0.2, 0.25) is 0 Å². The number of rotatable bonds is 2. The van der Waals surface area contributed by atoms with Crippen LogP contribution in [0.25, 0.3) is 5.69 Å². The first-order valence-electron chi connectivity index (χ1n) is 6.64. The molecule has 112 valence electrons. The van der Waals surface area contributed by atoms with Crippen LogP contribution < -0.4 is 16.6 Å². The van der Waals surface area contributed by atoms with Gasteiger partial charge in [0.15, 0.2) is 0 Å². The standard InChI is InChI=1S/C15H12BrN3O3/c1-2-7-5-8(16)3-4-10(7)19-11(20)6-9-12(13(19)17)15(22)18-14(9)21/h3-6H,2,17H2,1H3,(H,18,21,22). The van der Waals surface area contributed by atoms with Crippen molar-refractivity contribution in [2.24, 2.45) is 0 Å². The first kappa shape index (κ1) is 14.5. The van der Waals surface area contributed by atoms with E-state index in [1.54, 1.807) is 12.1 Å². The van der Waals surface area contributed by atoms with Crippen molar-refractivity contribution in [1.29, 1.82) is 0 Å². The number of aromatic nitrogens is 1. The quantitative estimate of drug-likeness (QED) is 0.794. The van der Waals surface area contributed by atoms with Crippen molar-refractivity contribution in [3.63, 3.8) is 0 Å². The Bertz CT molecular complexity index is 886. The Morgan fingerprint density at radius 1 is 1.18 bits per heavy atom. The van der Waals surface area contributed by atoms with Crippen LogP contribution in [-0.4, -0.2) is 16.4 Å². The monoisotopic (exact) mass is 361 g/mol. The van der Waals surface area contributed by atoms with Crippen LogP contribution in [0.1, 0.15) is 33.2 Å². The Morgan fingerprint density at radius 3 is 2.59 bits per heavy atom. The van der Waals surface area contributed by atoms with Crippen LogP contribution in [0, 0.1) is 0 Å². The van der Waals surface area contributed by atoms with E-state index in [-0.39, 0.29) is 16.9 Å². The van der Waals surface area contributed by atoms with Crippen molar-refractivity contribution in [3.05, 3.63) is 55.8 Å². The van der Waals surface area contributed by atoms with E-state index in [2.05, 4.69) is 21.2 Å². The predicted octanol–water partition coefficient (Wildman–Crippen LogP) is 1.63. The number of nitrogens with zero attached hydrogens (tertiary/aromatic N) is 1. The van der Waals surface area contributed by atoms with Crippen LogP contribution in [0.4, 0.5) is 5.82 Å². The number of nitrogens with one attached hydrogen (secondary N) is 1. The number of nitrogens with two attached hydrogens (primary N) is 1. The van der Waals surface area contributed by atoms with Crippen LogP contribution in [-0.2, 0) is 6.42 Å². The largest absolute Gasteiger partial charge is 0.384 e. The molecule has 6 nitrogen and oxygen atoms in total. The van der Waals surface area contributed by atoms with E-state index in [9.17, 15) is 14.4 Å². The second kappa shape index (κ2) is 5.10. The number of nitrogen functional groups attached to an aromatic ring is 1. The third-order valence-corrected chi connectivity index (χ3v) is 4.11. The molecule has 0 unspecified atom stereocenters. The molecule has 2 heterocycles. The summed E-state index contributed by atoms with van der Waals surface area (Å²) in [5.41, 5.74) is 7.15. The molecule has 0 fully saturated rings. The van der Waals surface area contributed by atoms with Gasteiger partial charge in [-0.1, -0.05) is 22.9 Å². The molecule has 1 aliphatic heterocycles. The van der Waals surface area contributed by atoms with E-state index >= 15 is 0 Å². The average Bonchev–Trinajstić information content (AvgIpc) is 2.75. The Hall–Kier alpha value is -2.41. The summed E-state index contributed by atoms with van der Waals surface area (Å²) in [6.45, 7) is 1.95. The lowest BCUT2D eigenvalue weighted by atomic mass is 10.1. The van der Waals surface area contributed by atoms with Gasteiger partial charge in [0.05, 0.1) is 16.8 Å². The maximum absolute atomic E-state index is 12.4. The highest BCUT2D eigenvalue weighted by Crippen LogP contribution is 2.26. The number of pyridine rings is 1. The molecule has 0 bridgehead atoms. The maximum atomic E-state index is 12.4. The minimum Gasteiger partial charge on any atom is -0.384 e. The van der Waals surface area contributed by atoms with Gasteiger partial charge < -0.3 is 5.73 Å². The van der Waals surface area contributed by atoms with Crippen molar-refractivity contribution in [2.75, 3.05) is 5.73 Å². The van der Waals surface area contributed by atoms with E-state index in [1.165, 1.54) is 4.57 Å². The van der Waals surface area contributed by atoms with Gasteiger partial charge in [0, 0.05) is 10.5 Å². The number of imide groups is 1. The maximum Gasteiger partial charge on any atom is 0.262 e. The minimum atomic E-state index is -0.595. The number of benzene rings is 1. The number of anilines is 1. The van der Waals surface area contributed by atoms with Gasteiger partial charge in [0.25, 0.3) is 17.4 Å². The molecule has 0 radical (unpaired) electrons. The number of aryl methyl sites for hydroxylation is 1. The Morgan fingerprint density at radius 2 is 1.91 bits per heavy atom. The molecule has 7 heteroatoms. The highest BCUT2D eigenvalue weighted by Gasteiger charge is 2.32. The molecule has 0 saturated heterocycles. The lowest BCUT2D eigenvalue weighted by Gasteiger charge is -2.15. The molecular weight excluding hydrogens is 350 g/mol. The number of halogens is 1. The zero-order valence-corrected chi connectivity index (χ0v) is 13.2. The molecule has 3 rings (SSSR count). The first-order chi connectivity index (χ1) is 10.4. The summed E-state index contributed by atoms with van der Waals surface area (Å²) in [5, 5.41) is 2.15. The van der Waals surface area contributed by atoms with Gasteiger partial charge in [-0.3, -0.25) is 24.3 Å².